The maximum Gasteiger partial charge on any atom is 0.309 e. The van der Waals surface area contributed by atoms with Crippen LogP contribution in [0.25, 0.3) is 0 Å². The quantitative estimate of drug-likeness (QED) is 0.538. The molecule has 10 unspecified atom stereocenters. The second-order valence-electron chi connectivity index (χ2n) is 9.94. The van der Waals surface area contributed by atoms with Crippen LogP contribution in [0.3, 0.4) is 0 Å². The van der Waals surface area contributed by atoms with Gasteiger partial charge in [-0.1, -0.05) is 0 Å². The molecule has 0 amide bonds. The van der Waals surface area contributed by atoms with Crippen LogP contribution in [0, 0.1) is 58.2 Å². The lowest BCUT2D eigenvalue weighted by Gasteiger charge is -2.42. The number of Topliss-reactive ketones (excluding diaryl/α,β-unsaturated/α-hetero) is 1. The minimum atomic E-state index is -0.532. The SMILES string of the molecule is COC(=O)C1C2CC(C1C=O)C1(CCC3(CC4CC3C(C=O)C4C=O)C1=O)C2. The van der Waals surface area contributed by atoms with Gasteiger partial charge in [-0.3, -0.25) is 9.59 Å². The number of ketones is 1. The second kappa shape index (κ2) is 5.83. The molecule has 5 fully saturated rings. The van der Waals surface area contributed by atoms with Gasteiger partial charge in [0.1, 0.15) is 24.6 Å². The summed E-state index contributed by atoms with van der Waals surface area (Å²) in [4.78, 5) is 61.3. The van der Waals surface area contributed by atoms with Gasteiger partial charge in [-0.05, 0) is 62.2 Å². The Kier molecular flexibility index (Phi) is 3.79. The summed E-state index contributed by atoms with van der Waals surface area (Å²) in [5.74, 6) is -1.57. The summed E-state index contributed by atoms with van der Waals surface area (Å²) in [7, 11) is 1.35. The molecule has 0 N–H and O–H groups in total. The van der Waals surface area contributed by atoms with Crippen LogP contribution in [-0.4, -0.2) is 37.7 Å². The molecule has 5 rings (SSSR count). The number of fused-ring (bicyclic) bond motifs is 6. The molecule has 5 aliphatic carbocycles. The Bertz CT molecular complexity index is 775. The van der Waals surface area contributed by atoms with E-state index in [1.807, 2.05) is 0 Å². The van der Waals surface area contributed by atoms with Crippen molar-refractivity contribution in [2.45, 2.75) is 38.5 Å². The zero-order valence-electron chi connectivity index (χ0n) is 16.0. The molecule has 0 saturated heterocycles. The maximum atomic E-state index is 14.0. The summed E-state index contributed by atoms with van der Waals surface area (Å²) in [6, 6.07) is 0. The van der Waals surface area contributed by atoms with Crippen molar-refractivity contribution in [3.8, 4) is 0 Å². The first kappa shape index (κ1) is 18.2. The van der Waals surface area contributed by atoms with Gasteiger partial charge in [0.15, 0.2) is 0 Å². The Morgan fingerprint density at radius 2 is 1.43 bits per heavy atom. The van der Waals surface area contributed by atoms with Gasteiger partial charge in [0.25, 0.3) is 0 Å². The van der Waals surface area contributed by atoms with Crippen molar-refractivity contribution in [3.63, 3.8) is 0 Å². The average molecular weight is 386 g/mol. The third kappa shape index (κ3) is 1.87. The fraction of sp³-hybridized carbons (Fsp3) is 0.773. The summed E-state index contributed by atoms with van der Waals surface area (Å²) in [5.41, 5.74) is -1.04. The maximum absolute atomic E-state index is 14.0. The summed E-state index contributed by atoms with van der Waals surface area (Å²) < 4.78 is 4.93. The van der Waals surface area contributed by atoms with Crippen LogP contribution in [0.1, 0.15) is 38.5 Å². The Balaban J connectivity index is 1.47. The van der Waals surface area contributed by atoms with E-state index in [-0.39, 0.29) is 47.3 Å². The number of hydrogen-bond donors (Lipinski definition) is 0. The summed E-state index contributed by atoms with van der Waals surface area (Å²) in [6.45, 7) is 0. The Morgan fingerprint density at radius 3 is 2.00 bits per heavy atom. The number of ether oxygens (including phenoxy) is 1. The molecule has 2 spiro atoms. The average Bonchev–Trinajstić information content (AvgIpc) is 3.49. The fourth-order valence-corrected chi connectivity index (χ4v) is 8.59. The lowest BCUT2D eigenvalue weighted by atomic mass is 9.58. The van der Waals surface area contributed by atoms with E-state index in [0.29, 0.717) is 12.8 Å². The van der Waals surface area contributed by atoms with Crippen molar-refractivity contribution in [3.05, 3.63) is 0 Å². The van der Waals surface area contributed by atoms with Gasteiger partial charge in [-0.2, -0.15) is 0 Å². The van der Waals surface area contributed by atoms with E-state index in [2.05, 4.69) is 0 Å². The van der Waals surface area contributed by atoms with Gasteiger partial charge in [0.2, 0.25) is 0 Å². The van der Waals surface area contributed by atoms with Gasteiger partial charge >= 0.3 is 5.97 Å². The highest BCUT2D eigenvalue weighted by Gasteiger charge is 2.74. The molecule has 0 aromatic rings. The van der Waals surface area contributed by atoms with Crippen molar-refractivity contribution >= 4 is 30.6 Å². The van der Waals surface area contributed by atoms with E-state index in [1.54, 1.807) is 0 Å². The minimum Gasteiger partial charge on any atom is -0.469 e. The van der Waals surface area contributed by atoms with E-state index >= 15 is 0 Å². The predicted molar refractivity (Wildman–Crippen MR) is 95.7 cm³/mol. The summed E-state index contributed by atoms with van der Waals surface area (Å²) in [5, 5.41) is 0. The van der Waals surface area contributed by atoms with Gasteiger partial charge in [0, 0.05) is 28.6 Å². The number of carbonyl (C=O) groups excluding carboxylic acids is 5. The molecule has 6 heteroatoms. The number of rotatable bonds is 4. The van der Waals surface area contributed by atoms with E-state index < -0.39 is 22.7 Å². The number of methoxy groups -OCH3 is 1. The summed E-state index contributed by atoms with van der Waals surface area (Å²) in [6.07, 6.45) is 7.03. The minimum absolute atomic E-state index is 0.0231. The molecule has 0 aromatic carbocycles. The standard InChI is InChI=1S/C22H26O6/c1-28-19(26)18-12-5-17(15(18)10-25)22(7-12)3-2-21(20(22)27)6-11-4-16(21)14(9-24)13(11)8-23/h8-18H,2-7H2,1H3. The first-order valence-corrected chi connectivity index (χ1v) is 10.5. The van der Waals surface area contributed by atoms with Crippen molar-refractivity contribution in [1.29, 1.82) is 0 Å². The lowest BCUT2D eigenvalue weighted by molar-refractivity contribution is -0.155. The first-order valence-electron chi connectivity index (χ1n) is 10.5. The fourth-order valence-electron chi connectivity index (χ4n) is 8.59. The van der Waals surface area contributed by atoms with Crippen LogP contribution in [0.2, 0.25) is 0 Å². The van der Waals surface area contributed by atoms with Crippen LogP contribution in [0.15, 0.2) is 0 Å². The highest BCUT2D eigenvalue weighted by molar-refractivity contribution is 5.96. The number of carbonyl (C=O) groups is 5. The monoisotopic (exact) mass is 386 g/mol. The zero-order valence-corrected chi connectivity index (χ0v) is 16.0. The first-order chi connectivity index (χ1) is 13.5. The topological polar surface area (TPSA) is 94.6 Å². The summed E-state index contributed by atoms with van der Waals surface area (Å²) >= 11 is 0. The molecule has 5 aliphatic rings. The van der Waals surface area contributed by atoms with Crippen molar-refractivity contribution < 1.29 is 28.7 Å². The van der Waals surface area contributed by atoms with Crippen LogP contribution >= 0.6 is 0 Å². The number of esters is 1. The van der Waals surface area contributed by atoms with E-state index in [4.69, 9.17) is 4.74 Å². The largest absolute Gasteiger partial charge is 0.469 e. The number of hydrogen-bond acceptors (Lipinski definition) is 6. The van der Waals surface area contributed by atoms with Crippen molar-refractivity contribution in [2.24, 2.45) is 58.2 Å². The molecule has 0 aromatic heterocycles. The molecule has 5 saturated carbocycles. The van der Waals surface area contributed by atoms with E-state index in [1.165, 1.54) is 7.11 Å². The third-order valence-electron chi connectivity index (χ3n) is 9.49. The molecule has 28 heavy (non-hydrogen) atoms. The van der Waals surface area contributed by atoms with Crippen LogP contribution in [0.4, 0.5) is 0 Å². The molecular weight excluding hydrogens is 360 g/mol. The molecule has 0 aliphatic heterocycles. The molecule has 6 nitrogen and oxygen atoms in total. The van der Waals surface area contributed by atoms with Gasteiger partial charge < -0.3 is 19.1 Å². The molecule has 0 radical (unpaired) electrons. The van der Waals surface area contributed by atoms with Gasteiger partial charge in [-0.25, -0.2) is 0 Å². The van der Waals surface area contributed by atoms with Crippen LogP contribution in [0.5, 0.6) is 0 Å². The lowest BCUT2D eigenvalue weighted by Crippen LogP contribution is -2.49. The highest BCUT2D eigenvalue weighted by atomic mass is 16.5. The van der Waals surface area contributed by atoms with Crippen molar-refractivity contribution in [1.82, 2.24) is 0 Å². The third-order valence-corrected chi connectivity index (χ3v) is 9.49. The predicted octanol–water partition coefficient (Wildman–Crippen LogP) is 1.64. The van der Waals surface area contributed by atoms with E-state index in [0.717, 1.165) is 44.5 Å². The molecule has 10 atom stereocenters. The van der Waals surface area contributed by atoms with Crippen LogP contribution in [-0.2, 0) is 28.7 Å². The zero-order chi connectivity index (χ0) is 19.8. The second-order valence-corrected chi connectivity index (χ2v) is 9.94. The molecule has 150 valence electrons. The van der Waals surface area contributed by atoms with Crippen LogP contribution < -0.4 is 0 Å². The normalized spacial score (nSPS) is 53.2. The van der Waals surface area contributed by atoms with E-state index in [9.17, 15) is 24.0 Å². The Morgan fingerprint density at radius 1 is 0.893 bits per heavy atom. The smallest absolute Gasteiger partial charge is 0.309 e. The highest BCUT2D eigenvalue weighted by Crippen LogP contribution is 2.73. The Labute approximate surface area is 163 Å². The van der Waals surface area contributed by atoms with Gasteiger partial charge in [0.05, 0.1) is 13.0 Å². The van der Waals surface area contributed by atoms with Gasteiger partial charge in [-0.15, -0.1) is 0 Å². The number of aldehydes is 3. The Hall–Kier alpha value is -1.85. The molecular formula is C22H26O6. The molecule has 4 bridgehead atoms. The van der Waals surface area contributed by atoms with Crippen molar-refractivity contribution in [2.75, 3.05) is 7.11 Å². The molecule has 0 heterocycles.